The molecule has 2 heteroatoms. The molecule has 1 nitrogen and oxygen atoms in total. The summed E-state index contributed by atoms with van der Waals surface area (Å²) < 4.78 is 14.2. The third kappa shape index (κ3) is 1.96. The number of aryl methyl sites for hydroxylation is 2. The third-order valence-electron chi connectivity index (χ3n) is 4.12. The lowest BCUT2D eigenvalue weighted by atomic mass is 9.73. The highest BCUT2D eigenvalue weighted by Crippen LogP contribution is 2.39. The summed E-state index contributed by atoms with van der Waals surface area (Å²) in [7, 11) is 0. The van der Waals surface area contributed by atoms with Crippen molar-refractivity contribution in [2.45, 2.75) is 31.7 Å². The van der Waals surface area contributed by atoms with Crippen molar-refractivity contribution in [3.8, 4) is 0 Å². The van der Waals surface area contributed by atoms with Gasteiger partial charge in [0.1, 0.15) is 5.82 Å². The standard InChI is InChI=1S/C17H18FN/c1-12-8-9-16(18)15(11-12)17(19)10-4-6-13-5-2-3-7-14(13)17/h2-3,5,7-9,11H,4,6,10,19H2,1H3. The van der Waals surface area contributed by atoms with Crippen LogP contribution in [0.2, 0.25) is 0 Å². The maximum Gasteiger partial charge on any atom is 0.128 e. The van der Waals surface area contributed by atoms with Gasteiger partial charge in [0.15, 0.2) is 0 Å². The largest absolute Gasteiger partial charge is 0.318 e. The van der Waals surface area contributed by atoms with Gasteiger partial charge < -0.3 is 5.73 Å². The van der Waals surface area contributed by atoms with Gasteiger partial charge in [0.2, 0.25) is 0 Å². The van der Waals surface area contributed by atoms with Gasteiger partial charge in [-0.3, -0.25) is 0 Å². The predicted molar refractivity (Wildman–Crippen MR) is 75.5 cm³/mol. The lowest BCUT2D eigenvalue weighted by molar-refractivity contribution is 0.421. The Morgan fingerprint density at radius 2 is 1.89 bits per heavy atom. The fraction of sp³-hybridized carbons (Fsp3) is 0.294. The fourth-order valence-corrected chi connectivity index (χ4v) is 3.13. The molecule has 1 aliphatic carbocycles. The van der Waals surface area contributed by atoms with Gasteiger partial charge in [0.05, 0.1) is 5.54 Å². The van der Waals surface area contributed by atoms with Gasteiger partial charge in [-0.25, -0.2) is 4.39 Å². The van der Waals surface area contributed by atoms with Gasteiger partial charge in [-0.05, 0) is 43.4 Å². The Balaban J connectivity index is 2.21. The smallest absolute Gasteiger partial charge is 0.128 e. The van der Waals surface area contributed by atoms with E-state index < -0.39 is 5.54 Å². The normalized spacial score (nSPS) is 22.1. The van der Waals surface area contributed by atoms with Gasteiger partial charge in [-0.2, -0.15) is 0 Å². The summed E-state index contributed by atoms with van der Waals surface area (Å²) >= 11 is 0. The molecule has 2 aromatic carbocycles. The van der Waals surface area contributed by atoms with Gasteiger partial charge in [0, 0.05) is 5.56 Å². The molecule has 1 aliphatic rings. The first-order valence-electron chi connectivity index (χ1n) is 6.75. The van der Waals surface area contributed by atoms with Crippen LogP contribution >= 0.6 is 0 Å². The predicted octanol–water partition coefficient (Wildman–Crippen LogP) is 3.67. The number of halogens is 1. The number of rotatable bonds is 1. The summed E-state index contributed by atoms with van der Waals surface area (Å²) in [4.78, 5) is 0. The van der Waals surface area contributed by atoms with Gasteiger partial charge >= 0.3 is 0 Å². The lowest BCUT2D eigenvalue weighted by Crippen LogP contribution is -2.42. The maximum atomic E-state index is 14.2. The van der Waals surface area contributed by atoms with Crippen molar-refractivity contribution in [3.63, 3.8) is 0 Å². The lowest BCUT2D eigenvalue weighted by Gasteiger charge is -2.36. The van der Waals surface area contributed by atoms with Crippen LogP contribution in [0.3, 0.4) is 0 Å². The number of fused-ring (bicyclic) bond motifs is 1. The molecular weight excluding hydrogens is 237 g/mol. The van der Waals surface area contributed by atoms with Crippen molar-refractivity contribution in [2.24, 2.45) is 5.73 Å². The maximum absolute atomic E-state index is 14.2. The highest BCUT2D eigenvalue weighted by atomic mass is 19.1. The molecule has 0 radical (unpaired) electrons. The molecule has 1 unspecified atom stereocenters. The Labute approximate surface area is 113 Å². The first-order valence-corrected chi connectivity index (χ1v) is 6.75. The number of benzene rings is 2. The van der Waals surface area contributed by atoms with Crippen LogP contribution in [-0.4, -0.2) is 0 Å². The van der Waals surface area contributed by atoms with Gasteiger partial charge in [-0.15, -0.1) is 0 Å². The zero-order chi connectivity index (χ0) is 13.5. The molecule has 0 fully saturated rings. The molecule has 0 amide bonds. The minimum absolute atomic E-state index is 0.204. The minimum Gasteiger partial charge on any atom is -0.318 e. The number of nitrogens with two attached hydrogens (primary N) is 1. The SMILES string of the molecule is Cc1ccc(F)c(C2(N)CCCc3ccccc32)c1. The second kappa shape index (κ2) is 4.46. The van der Waals surface area contributed by atoms with E-state index in [9.17, 15) is 4.39 Å². The van der Waals surface area contributed by atoms with Gasteiger partial charge in [-0.1, -0.05) is 42.0 Å². The Morgan fingerprint density at radius 1 is 1.11 bits per heavy atom. The van der Waals surface area contributed by atoms with E-state index in [2.05, 4.69) is 6.07 Å². The van der Waals surface area contributed by atoms with E-state index in [4.69, 9.17) is 5.73 Å². The van der Waals surface area contributed by atoms with Crippen LogP contribution in [0.5, 0.6) is 0 Å². The molecule has 19 heavy (non-hydrogen) atoms. The average molecular weight is 255 g/mol. The monoisotopic (exact) mass is 255 g/mol. The molecule has 0 saturated heterocycles. The van der Waals surface area contributed by atoms with Crippen LogP contribution in [0.15, 0.2) is 42.5 Å². The highest BCUT2D eigenvalue weighted by Gasteiger charge is 2.36. The number of hydrogen-bond acceptors (Lipinski definition) is 1. The van der Waals surface area contributed by atoms with E-state index in [1.807, 2.05) is 31.2 Å². The van der Waals surface area contributed by atoms with E-state index in [1.165, 1.54) is 11.6 Å². The Kier molecular flexibility index (Phi) is 2.90. The van der Waals surface area contributed by atoms with Crippen molar-refractivity contribution in [3.05, 3.63) is 70.5 Å². The highest BCUT2D eigenvalue weighted by molar-refractivity contribution is 5.45. The molecule has 0 aliphatic heterocycles. The summed E-state index contributed by atoms with van der Waals surface area (Å²) in [6.07, 6.45) is 2.83. The molecule has 0 aromatic heterocycles. The molecule has 0 spiro atoms. The Morgan fingerprint density at radius 3 is 2.74 bits per heavy atom. The summed E-state index contributed by atoms with van der Waals surface area (Å²) in [5, 5.41) is 0. The molecule has 0 bridgehead atoms. The molecule has 2 N–H and O–H groups in total. The van der Waals surface area contributed by atoms with Gasteiger partial charge in [0.25, 0.3) is 0 Å². The second-order valence-corrected chi connectivity index (χ2v) is 5.47. The molecule has 98 valence electrons. The van der Waals surface area contributed by atoms with E-state index in [1.54, 1.807) is 6.07 Å². The molecular formula is C17H18FN. The van der Waals surface area contributed by atoms with Crippen molar-refractivity contribution < 1.29 is 4.39 Å². The zero-order valence-electron chi connectivity index (χ0n) is 11.1. The summed E-state index contributed by atoms with van der Waals surface area (Å²) in [5.74, 6) is -0.204. The summed E-state index contributed by atoms with van der Waals surface area (Å²) in [5.41, 5.74) is 9.92. The van der Waals surface area contributed by atoms with Crippen LogP contribution < -0.4 is 5.73 Å². The van der Waals surface area contributed by atoms with E-state index >= 15 is 0 Å². The number of hydrogen-bond donors (Lipinski definition) is 1. The van der Waals surface area contributed by atoms with Crippen molar-refractivity contribution in [1.82, 2.24) is 0 Å². The van der Waals surface area contributed by atoms with Crippen LogP contribution in [0.1, 0.15) is 35.1 Å². The third-order valence-corrected chi connectivity index (χ3v) is 4.12. The molecule has 0 heterocycles. The minimum atomic E-state index is -0.690. The van der Waals surface area contributed by atoms with E-state index in [0.717, 1.165) is 30.4 Å². The first-order chi connectivity index (χ1) is 9.11. The topological polar surface area (TPSA) is 26.0 Å². The van der Waals surface area contributed by atoms with E-state index in [0.29, 0.717) is 5.56 Å². The van der Waals surface area contributed by atoms with E-state index in [-0.39, 0.29) is 5.82 Å². The summed E-state index contributed by atoms with van der Waals surface area (Å²) in [6.45, 7) is 1.97. The van der Waals surface area contributed by atoms with Crippen LogP contribution in [0.25, 0.3) is 0 Å². The Hall–Kier alpha value is -1.67. The van der Waals surface area contributed by atoms with Crippen LogP contribution in [0.4, 0.5) is 4.39 Å². The fourth-order valence-electron chi connectivity index (χ4n) is 3.13. The molecule has 1 atom stereocenters. The molecule has 0 saturated carbocycles. The second-order valence-electron chi connectivity index (χ2n) is 5.47. The Bertz CT molecular complexity index is 620. The van der Waals surface area contributed by atoms with Crippen molar-refractivity contribution in [2.75, 3.05) is 0 Å². The average Bonchev–Trinajstić information content (AvgIpc) is 2.42. The molecule has 2 aromatic rings. The van der Waals surface area contributed by atoms with Crippen LogP contribution in [-0.2, 0) is 12.0 Å². The first kappa shape index (κ1) is 12.4. The van der Waals surface area contributed by atoms with Crippen molar-refractivity contribution >= 4 is 0 Å². The quantitative estimate of drug-likeness (QED) is 0.826. The van der Waals surface area contributed by atoms with Crippen molar-refractivity contribution in [1.29, 1.82) is 0 Å². The molecule has 3 rings (SSSR count). The zero-order valence-corrected chi connectivity index (χ0v) is 11.1. The van der Waals surface area contributed by atoms with Crippen LogP contribution in [0, 0.1) is 12.7 Å². The summed E-state index contributed by atoms with van der Waals surface area (Å²) in [6, 6.07) is 13.3.